The van der Waals surface area contributed by atoms with Crippen LogP contribution in [0.25, 0.3) is 0 Å². The van der Waals surface area contributed by atoms with E-state index in [1.54, 1.807) is 6.92 Å². The molecular weight excluding hydrogens is 156 g/mol. The van der Waals surface area contributed by atoms with Crippen LogP contribution >= 0.6 is 11.8 Å². The number of halogens is 1. The molecule has 4 nitrogen and oxygen atoms in total. The van der Waals surface area contributed by atoms with Crippen molar-refractivity contribution in [2.24, 2.45) is 5.73 Å². The Morgan fingerprint density at radius 2 is 2.40 bits per heavy atom. The highest BCUT2D eigenvalue weighted by molar-refractivity contribution is 6.13. The molecule has 0 aliphatic heterocycles. The Hall–Kier alpha value is -0.320. The van der Waals surface area contributed by atoms with Crippen molar-refractivity contribution in [3.8, 4) is 0 Å². The summed E-state index contributed by atoms with van der Waals surface area (Å²) in [5.74, 6) is -0.764. The normalized spacial score (nSPS) is 16.3. The van der Waals surface area contributed by atoms with E-state index in [0.29, 0.717) is 6.42 Å². The van der Waals surface area contributed by atoms with E-state index in [2.05, 4.69) is 4.84 Å². The molecule has 0 saturated heterocycles. The van der Waals surface area contributed by atoms with E-state index in [9.17, 15) is 4.79 Å². The van der Waals surface area contributed by atoms with Crippen LogP contribution in [0.3, 0.4) is 0 Å². The third-order valence-electron chi connectivity index (χ3n) is 1.25. The fourth-order valence-electron chi connectivity index (χ4n) is 0.558. The summed E-state index contributed by atoms with van der Waals surface area (Å²) < 4.78 is 0. The second kappa shape index (κ2) is 4.49. The van der Waals surface area contributed by atoms with Crippen LogP contribution in [0.1, 0.15) is 13.3 Å². The van der Waals surface area contributed by atoms with Gasteiger partial charge in [-0.15, -0.1) is 0 Å². The van der Waals surface area contributed by atoms with Crippen LogP contribution < -0.4 is 10.6 Å². The summed E-state index contributed by atoms with van der Waals surface area (Å²) in [4.78, 5) is 12.6. The van der Waals surface area contributed by atoms with E-state index >= 15 is 0 Å². The SMILES string of the molecule is CCC(NCl)C(O)C(N)=O. The lowest BCUT2D eigenvalue weighted by molar-refractivity contribution is -0.127. The monoisotopic (exact) mass is 166 g/mol. The molecule has 0 fully saturated rings. The standard InChI is InChI=1S/C5H11ClN2O2/c1-2-3(8-6)4(9)5(7)10/h3-4,8-9H,2H2,1H3,(H2,7,10). The first-order chi connectivity index (χ1) is 4.63. The van der Waals surface area contributed by atoms with Crippen molar-refractivity contribution in [3.63, 3.8) is 0 Å². The maximum Gasteiger partial charge on any atom is 0.247 e. The van der Waals surface area contributed by atoms with E-state index in [1.165, 1.54) is 0 Å². The molecule has 0 aromatic rings. The first-order valence-electron chi connectivity index (χ1n) is 2.97. The summed E-state index contributed by atoms with van der Waals surface area (Å²) in [6, 6.07) is -0.459. The third-order valence-corrected chi connectivity index (χ3v) is 1.53. The summed E-state index contributed by atoms with van der Waals surface area (Å²) in [5.41, 5.74) is 4.80. The molecule has 2 atom stereocenters. The zero-order valence-corrected chi connectivity index (χ0v) is 6.43. The minimum absolute atomic E-state index is 0.459. The minimum Gasteiger partial charge on any atom is -0.382 e. The zero-order chi connectivity index (χ0) is 8.15. The van der Waals surface area contributed by atoms with Crippen LogP contribution in [0, 0.1) is 0 Å². The van der Waals surface area contributed by atoms with Gasteiger partial charge in [-0.1, -0.05) is 6.92 Å². The molecule has 4 N–H and O–H groups in total. The summed E-state index contributed by atoms with van der Waals surface area (Å²) in [6.07, 6.45) is -0.657. The number of aliphatic hydroxyl groups is 1. The lowest BCUT2D eigenvalue weighted by Crippen LogP contribution is -2.43. The smallest absolute Gasteiger partial charge is 0.247 e. The van der Waals surface area contributed by atoms with E-state index in [4.69, 9.17) is 22.6 Å². The Balaban J connectivity index is 3.88. The predicted octanol–water partition coefficient (Wildman–Crippen LogP) is -0.645. The van der Waals surface area contributed by atoms with Gasteiger partial charge in [0.05, 0.1) is 6.04 Å². The molecule has 0 radical (unpaired) electrons. The molecule has 1 amide bonds. The average Bonchev–Trinajstić information content (AvgIpc) is 1.90. The van der Waals surface area contributed by atoms with Crippen molar-refractivity contribution in [2.45, 2.75) is 25.5 Å². The van der Waals surface area contributed by atoms with Gasteiger partial charge in [-0.25, -0.2) is 4.84 Å². The Kier molecular flexibility index (Phi) is 4.34. The number of aliphatic hydroxyl groups excluding tert-OH is 1. The zero-order valence-electron chi connectivity index (χ0n) is 5.67. The fraction of sp³-hybridized carbons (Fsp3) is 0.800. The molecule has 0 aromatic heterocycles. The van der Waals surface area contributed by atoms with Gasteiger partial charge < -0.3 is 10.8 Å². The quantitative estimate of drug-likeness (QED) is 0.486. The number of nitrogens with one attached hydrogen (secondary N) is 1. The van der Waals surface area contributed by atoms with E-state index in [0.717, 1.165) is 0 Å². The molecular formula is C5H11ClN2O2. The largest absolute Gasteiger partial charge is 0.382 e. The van der Waals surface area contributed by atoms with E-state index in [-0.39, 0.29) is 0 Å². The second-order valence-corrected chi connectivity index (χ2v) is 2.19. The number of hydrogen-bond donors (Lipinski definition) is 3. The van der Waals surface area contributed by atoms with Crippen molar-refractivity contribution in [1.82, 2.24) is 4.84 Å². The van der Waals surface area contributed by atoms with Gasteiger partial charge in [-0.3, -0.25) is 4.79 Å². The molecule has 0 spiro atoms. The Labute approximate surface area is 64.5 Å². The fourth-order valence-corrected chi connectivity index (χ4v) is 0.832. The van der Waals surface area contributed by atoms with Crippen LogP contribution in [-0.2, 0) is 4.79 Å². The number of carbonyl (C=O) groups is 1. The van der Waals surface area contributed by atoms with E-state index in [1.807, 2.05) is 0 Å². The summed E-state index contributed by atoms with van der Waals surface area (Å²) >= 11 is 5.19. The maximum atomic E-state index is 10.3. The van der Waals surface area contributed by atoms with Gasteiger partial charge in [0.15, 0.2) is 0 Å². The minimum atomic E-state index is -1.21. The molecule has 2 unspecified atom stereocenters. The van der Waals surface area contributed by atoms with Gasteiger partial charge in [-0.05, 0) is 18.2 Å². The highest BCUT2D eigenvalue weighted by atomic mass is 35.5. The molecule has 5 heteroatoms. The number of rotatable bonds is 4. The van der Waals surface area contributed by atoms with Crippen LogP contribution in [0.15, 0.2) is 0 Å². The van der Waals surface area contributed by atoms with Crippen molar-refractivity contribution in [3.05, 3.63) is 0 Å². The molecule has 60 valence electrons. The van der Waals surface area contributed by atoms with Gasteiger partial charge in [-0.2, -0.15) is 0 Å². The molecule has 0 rings (SSSR count). The highest BCUT2D eigenvalue weighted by Gasteiger charge is 2.20. The van der Waals surface area contributed by atoms with Crippen LogP contribution in [0.4, 0.5) is 0 Å². The number of nitrogens with two attached hydrogens (primary N) is 1. The molecule has 0 bridgehead atoms. The van der Waals surface area contributed by atoms with Crippen LogP contribution in [0.2, 0.25) is 0 Å². The first kappa shape index (κ1) is 9.68. The van der Waals surface area contributed by atoms with Gasteiger partial charge >= 0.3 is 0 Å². The molecule has 0 aromatic carbocycles. The van der Waals surface area contributed by atoms with Gasteiger partial charge in [0.2, 0.25) is 5.91 Å². The third kappa shape index (κ3) is 2.51. The summed E-state index contributed by atoms with van der Waals surface area (Å²) in [5, 5.41) is 8.96. The van der Waals surface area contributed by atoms with Gasteiger partial charge in [0, 0.05) is 0 Å². The van der Waals surface area contributed by atoms with Crippen molar-refractivity contribution in [1.29, 1.82) is 0 Å². The highest BCUT2D eigenvalue weighted by Crippen LogP contribution is 1.98. The summed E-state index contributed by atoms with van der Waals surface area (Å²) in [7, 11) is 0. The first-order valence-corrected chi connectivity index (χ1v) is 3.34. The number of hydrogen-bond acceptors (Lipinski definition) is 3. The second-order valence-electron chi connectivity index (χ2n) is 1.97. The van der Waals surface area contributed by atoms with Gasteiger partial charge in [0.25, 0.3) is 0 Å². The molecule has 0 saturated carbocycles. The summed E-state index contributed by atoms with van der Waals surface area (Å²) in [6.45, 7) is 1.78. The Morgan fingerprint density at radius 3 is 2.50 bits per heavy atom. The molecule has 0 aliphatic carbocycles. The van der Waals surface area contributed by atoms with Crippen LogP contribution in [0.5, 0.6) is 0 Å². The number of primary amides is 1. The predicted molar refractivity (Wildman–Crippen MR) is 38.3 cm³/mol. The molecule has 0 heterocycles. The molecule has 10 heavy (non-hydrogen) atoms. The lowest BCUT2D eigenvalue weighted by Gasteiger charge is -2.15. The van der Waals surface area contributed by atoms with Crippen molar-refractivity contribution in [2.75, 3.05) is 0 Å². The van der Waals surface area contributed by atoms with Crippen molar-refractivity contribution >= 4 is 17.7 Å². The number of carbonyl (C=O) groups excluding carboxylic acids is 1. The van der Waals surface area contributed by atoms with E-state index < -0.39 is 18.1 Å². The lowest BCUT2D eigenvalue weighted by atomic mass is 10.1. The number of amides is 1. The Morgan fingerprint density at radius 1 is 1.90 bits per heavy atom. The average molecular weight is 167 g/mol. The maximum absolute atomic E-state index is 10.3. The topological polar surface area (TPSA) is 75.3 Å². The van der Waals surface area contributed by atoms with Crippen molar-refractivity contribution < 1.29 is 9.90 Å². The molecule has 0 aliphatic rings. The van der Waals surface area contributed by atoms with Gasteiger partial charge in [0.1, 0.15) is 6.10 Å². The van der Waals surface area contributed by atoms with Crippen LogP contribution in [-0.4, -0.2) is 23.2 Å². The Bertz CT molecular complexity index is 116.